The van der Waals surface area contributed by atoms with Crippen LogP contribution in [0.15, 0.2) is 18.2 Å². The highest BCUT2D eigenvalue weighted by atomic mass is 16.1. The molecule has 1 saturated heterocycles. The molecule has 1 amide bonds. The zero-order valence-corrected chi connectivity index (χ0v) is 11.3. The number of hydrogen-bond donors (Lipinski definition) is 1. The predicted octanol–water partition coefficient (Wildman–Crippen LogP) is 2.14. The summed E-state index contributed by atoms with van der Waals surface area (Å²) in [7, 11) is 0. The third-order valence-corrected chi connectivity index (χ3v) is 3.82. The third kappa shape index (κ3) is 2.91. The molecular formula is C15H22N2O. The number of hydrogen-bond acceptors (Lipinski definition) is 2. The van der Waals surface area contributed by atoms with Crippen molar-refractivity contribution in [3.63, 3.8) is 0 Å². The molecule has 0 unspecified atom stereocenters. The molecule has 3 heteroatoms. The molecule has 3 nitrogen and oxygen atoms in total. The van der Waals surface area contributed by atoms with Gasteiger partial charge in [-0.25, -0.2) is 0 Å². The molecular weight excluding hydrogens is 224 g/mol. The average molecular weight is 246 g/mol. The highest BCUT2D eigenvalue weighted by Crippen LogP contribution is 2.21. The predicted molar refractivity (Wildman–Crippen MR) is 73.2 cm³/mol. The molecule has 1 fully saturated rings. The summed E-state index contributed by atoms with van der Waals surface area (Å²) in [5, 5.41) is 0. The van der Waals surface area contributed by atoms with Crippen molar-refractivity contribution in [2.75, 3.05) is 6.54 Å². The molecule has 1 heterocycles. The van der Waals surface area contributed by atoms with E-state index in [-0.39, 0.29) is 11.9 Å². The van der Waals surface area contributed by atoms with E-state index in [1.165, 1.54) is 16.7 Å². The second-order valence-corrected chi connectivity index (χ2v) is 5.31. The Kier molecular flexibility index (Phi) is 4.02. The van der Waals surface area contributed by atoms with E-state index < -0.39 is 0 Å². The monoisotopic (exact) mass is 246 g/mol. The molecule has 1 aromatic rings. The molecule has 1 aliphatic heterocycles. The Morgan fingerprint density at radius 3 is 2.89 bits per heavy atom. The number of likely N-dealkylation sites (tertiary alicyclic amines) is 1. The van der Waals surface area contributed by atoms with Crippen LogP contribution in [0.5, 0.6) is 0 Å². The van der Waals surface area contributed by atoms with Crippen molar-refractivity contribution in [2.24, 2.45) is 5.73 Å². The number of primary amides is 1. The minimum atomic E-state index is -0.181. The van der Waals surface area contributed by atoms with Crippen molar-refractivity contribution in [1.82, 2.24) is 4.90 Å². The lowest BCUT2D eigenvalue weighted by Crippen LogP contribution is -2.47. The summed E-state index contributed by atoms with van der Waals surface area (Å²) in [6.07, 6.45) is 3.17. The maximum atomic E-state index is 11.5. The molecule has 2 N–H and O–H groups in total. The summed E-state index contributed by atoms with van der Waals surface area (Å²) < 4.78 is 0. The second kappa shape index (κ2) is 5.53. The van der Waals surface area contributed by atoms with E-state index in [2.05, 4.69) is 36.9 Å². The summed E-state index contributed by atoms with van der Waals surface area (Å²) >= 11 is 0. The summed E-state index contributed by atoms with van der Waals surface area (Å²) in [6.45, 7) is 6.03. The highest BCUT2D eigenvalue weighted by molar-refractivity contribution is 5.79. The highest BCUT2D eigenvalue weighted by Gasteiger charge is 2.26. The maximum absolute atomic E-state index is 11.5. The number of rotatable bonds is 3. The Hall–Kier alpha value is -1.35. The number of nitrogens with zero attached hydrogens (tertiary/aromatic N) is 1. The van der Waals surface area contributed by atoms with Gasteiger partial charge >= 0.3 is 0 Å². The van der Waals surface area contributed by atoms with Crippen LogP contribution in [0.2, 0.25) is 0 Å². The SMILES string of the molecule is Cc1ccc(C)c(CN2CCCC[C@@H]2C(N)=O)c1. The Labute approximate surface area is 109 Å². The normalized spacial score (nSPS) is 20.9. The lowest BCUT2D eigenvalue weighted by molar-refractivity contribution is -0.124. The summed E-state index contributed by atoms with van der Waals surface area (Å²) in [5.74, 6) is -0.181. The number of amides is 1. The van der Waals surface area contributed by atoms with E-state index >= 15 is 0 Å². The van der Waals surface area contributed by atoms with E-state index in [9.17, 15) is 4.79 Å². The van der Waals surface area contributed by atoms with Crippen LogP contribution in [0.25, 0.3) is 0 Å². The number of carbonyl (C=O) groups is 1. The third-order valence-electron chi connectivity index (χ3n) is 3.82. The van der Waals surface area contributed by atoms with Gasteiger partial charge in [-0.2, -0.15) is 0 Å². The minimum Gasteiger partial charge on any atom is -0.368 e. The molecule has 2 rings (SSSR count). The first-order valence-corrected chi connectivity index (χ1v) is 6.67. The zero-order chi connectivity index (χ0) is 13.1. The van der Waals surface area contributed by atoms with Crippen LogP contribution in [0.3, 0.4) is 0 Å². The first kappa shape index (κ1) is 13.1. The molecule has 0 spiro atoms. The molecule has 0 aromatic heterocycles. The Morgan fingerprint density at radius 1 is 1.39 bits per heavy atom. The average Bonchev–Trinajstić information content (AvgIpc) is 2.34. The van der Waals surface area contributed by atoms with Gasteiger partial charge in [-0.3, -0.25) is 9.69 Å². The zero-order valence-electron chi connectivity index (χ0n) is 11.3. The minimum absolute atomic E-state index is 0.0846. The molecule has 1 aromatic carbocycles. The van der Waals surface area contributed by atoms with Crippen LogP contribution in [0.1, 0.15) is 36.0 Å². The molecule has 0 radical (unpaired) electrons. The molecule has 0 bridgehead atoms. The number of piperidine rings is 1. The van der Waals surface area contributed by atoms with Gasteiger partial charge in [0.05, 0.1) is 6.04 Å². The molecule has 1 aliphatic rings. The molecule has 0 aliphatic carbocycles. The van der Waals surface area contributed by atoms with Gasteiger partial charge in [-0.1, -0.05) is 30.2 Å². The van der Waals surface area contributed by atoms with Crippen LogP contribution in [-0.4, -0.2) is 23.4 Å². The van der Waals surface area contributed by atoms with Crippen molar-refractivity contribution in [3.05, 3.63) is 34.9 Å². The van der Waals surface area contributed by atoms with E-state index in [1.807, 2.05) is 0 Å². The van der Waals surface area contributed by atoms with Crippen LogP contribution in [0, 0.1) is 13.8 Å². The number of aryl methyl sites for hydroxylation is 2. The Bertz CT molecular complexity index is 442. The van der Waals surface area contributed by atoms with E-state index in [0.717, 1.165) is 32.4 Å². The molecule has 18 heavy (non-hydrogen) atoms. The maximum Gasteiger partial charge on any atom is 0.234 e. The number of benzene rings is 1. The molecule has 0 saturated carbocycles. The van der Waals surface area contributed by atoms with Gasteiger partial charge in [0.15, 0.2) is 0 Å². The second-order valence-electron chi connectivity index (χ2n) is 5.31. The lowest BCUT2D eigenvalue weighted by atomic mass is 9.99. The quantitative estimate of drug-likeness (QED) is 0.888. The largest absolute Gasteiger partial charge is 0.368 e. The lowest BCUT2D eigenvalue weighted by Gasteiger charge is -2.34. The molecule has 1 atom stereocenters. The van der Waals surface area contributed by atoms with E-state index in [1.54, 1.807) is 0 Å². The summed E-state index contributed by atoms with van der Waals surface area (Å²) in [6, 6.07) is 6.40. The van der Waals surface area contributed by atoms with Crippen molar-refractivity contribution in [2.45, 2.75) is 45.7 Å². The standard InChI is InChI=1S/C15H22N2O/c1-11-6-7-12(2)13(9-11)10-17-8-4-3-5-14(17)15(16)18/h6-7,9,14H,3-5,8,10H2,1-2H3,(H2,16,18)/t14-/m1/s1. The van der Waals surface area contributed by atoms with Gasteiger partial charge in [-0.05, 0) is 44.4 Å². The van der Waals surface area contributed by atoms with Gasteiger partial charge in [-0.15, -0.1) is 0 Å². The van der Waals surface area contributed by atoms with Gasteiger partial charge in [0.1, 0.15) is 0 Å². The summed E-state index contributed by atoms with van der Waals surface area (Å²) in [4.78, 5) is 13.7. The van der Waals surface area contributed by atoms with Crippen LogP contribution in [-0.2, 0) is 11.3 Å². The topological polar surface area (TPSA) is 46.3 Å². The first-order valence-electron chi connectivity index (χ1n) is 6.67. The van der Waals surface area contributed by atoms with Gasteiger partial charge < -0.3 is 5.73 Å². The van der Waals surface area contributed by atoms with Crippen molar-refractivity contribution >= 4 is 5.91 Å². The molecule has 98 valence electrons. The van der Waals surface area contributed by atoms with Crippen molar-refractivity contribution in [3.8, 4) is 0 Å². The van der Waals surface area contributed by atoms with Crippen LogP contribution < -0.4 is 5.73 Å². The Balaban J connectivity index is 2.15. The van der Waals surface area contributed by atoms with Crippen molar-refractivity contribution < 1.29 is 4.79 Å². The Morgan fingerprint density at radius 2 is 2.17 bits per heavy atom. The van der Waals surface area contributed by atoms with Gasteiger partial charge in [0.25, 0.3) is 0 Å². The fourth-order valence-electron chi connectivity index (χ4n) is 2.69. The number of carbonyl (C=O) groups excluding carboxylic acids is 1. The fourth-order valence-corrected chi connectivity index (χ4v) is 2.69. The van der Waals surface area contributed by atoms with E-state index in [4.69, 9.17) is 5.73 Å². The fraction of sp³-hybridized carbons (Fsp3) is 0.533. The van der Waals surface area contributed by atoms with E-state index in [0.29, 0.717) is 0 Å². The first-order chi connectivity index (χ1) is 8.58. The summed E-state index contributed by atoms with van der Waals surface area (Å²) in [5.41, 5.74) is 9.36. The van der Waals surface area contributed by atoms with Gasteiger partial charge in [0.2, 0.25) is 5.91 Å². The van der Waals surface area contributed by atoms with Crippen LogP contribution >= 0.6 is 0 Å². The number of nitrogens with two attached hydrogens (primary N) is 1. The van der Waals surface area contributed by atoms with Crippen molar-refractivity contribution in [1.29, 1.82) is 0 Å². The van der Waals surface area contributed by atoms with Gasteiger partial charge in [0, 0.05) is 6.54 Å². The van der Waals surface area contributed by atoms with Crippen LogP contribution in [0.4, 0.5) is 0 Å². The smallest absolute Gasteiger partial charge is 0.234 e.